The van der Waals surface area contributed by atoms with Crippen LogP contribution in [0.5, 0.6) is 0 Å². The SMILES string of the molecule is Nc1nc(-c2ccccc2NC(=O)c2ccncc2)cs1. The summed E-state index contributed by atoms with van der Waals surface area (Å²) in [5, 5.41) is 5.26. The third-order valence-corrected chi connectivity index (χ3v) is 3.59. The van der Waals surface area contributed by atoms with Gasteiger partial charge in [-0.05, 0) is 18.2 Å². The number of nitrogens with zero attached hydrogens (tertiary/aromatic N) is 2. The minimum atomic E-state index is -0.187. The monoisotopic (exact) mass is 296 g/mol. The predicted molar refractivity (Wildman–Crippen MR) is 84.2 cm³/mol. The molecular formula is C15H12N4OS. The maximum absolute atomic E-state index is 12.2. The fourth-order valence-electron chi connectivity index (χ4n) is 1.92. The summed E-state index contributed by atoms with van der Waals surface area (Å²) in [6, 6.07) is 10.8. The quantitative estimate of drug-likeness (QED) is 0.778. The van der Waals surface area contributed by atoms with Crippen LogP contribution < -0.4 is 11.1 Å². The van der Waals surface area contributed by atoms with E-state index in [-0.39, 0.29) is 5.91 Å². The highest BCUT2D eigenvalue weighted by Gasteiger charge is 2.11. The average Bonchev–Trinajstić information content (AvgIpc) is 2.95. The second-order valence-electron chi connectivity index (χ2n) is 4.31. The zero-order valence-electron chi connectivity index (χ0n) is 11.0. The largest absolute Gasteiger partial charge is 0.375 e. The summed E-state index contributed by atoms with van der Waals surface area (Å²) >= 11 is 1.37. The van der Waals surface area contributed by atoms with E-state index in [9.17, 15) is 4.79 Å². The van der Waals surface area contributed by atoms with Gasteiger partial charge in [-0.25, -0.2) is 4.98 Å². The highest BCUT2D eigenvalue weighted by molar-refractivity contribution is 7.13. The van der Waals surface area contributed by atoms with Gasteiger partial charge in [0.15, 0.2) is 5.13 Å². The fraction of sp³-hybridized carbons (Fsp3) is 0. The predicted octanol–water partition coefficient (Wildman–Crippen LogP) is 3.04. The Labute approximate surface area is 125 Å². The molecule has 21 heavy (non-hydrogen) atoms. The van der Waals surface area contributed by atoms with Crippen LogP contribution in [-0.4, -0.2) is 15.9 Å². The molecule has 2 heterocycles. The first-order valence-corrected chi connectivity index (χ1v) is 7.14. The van der Waals surface area contributed by atoms with E-state index >= 15 is 0 Å². The van der Waals surface area contributed by atoms with Crippen molar-refractivity contribution in [1.82, 2.24) is 9.97 Å². The van der Waals surface area contributed by atoms with Crippen LogP contribution in [0.15, 0.2) is 54.2 Å². The fourth-order valence-corrected chi connectivity index (χ4v) is 2.49. The second-order valence-corrected chi connectivity index (χ2v) is 5.20. The standard InChI is InChI=1S/C15H12N4OS/c16-15-19-13(9-21-15)11-3-1-2-4-12(11)18-14(20)10-5-7-17-8-6-10/h1-9H,(H2,16,19)(H,18,20). The number of pyridine rings is 1. The lowest BCUT2D eigenvalue weighted by molar-refractivity contribution is 0.102. The van der Waals surface area contributed by atoms with Crippen molar-refractivity contribution in [3.63, 3.8) is 0 Å². The third kappa shape index (κ3) is 2.90. The van der Waals surface area contributed by atoms with E-state index in [1.54, 1.807) is 24.5 Å². The number of hydrogen-bond donors (Lipinski definition) is 2. The van der Waals surface area contributed by atoms with Crippen LogP contribution in [0.3, 0.4) is 0 Å². The summed E-state index contributed by atoms with van der Waals surface area (Å²) in [6.07, 6.45) is 3.17. The van der Waals surface area contributed by atoms with Gasteiger partial charge in [0.25, 0.3) is 5.91 Å². The Morgan fingerprint density at radius 2 is 1.90 bits per heavy atom. The number of carbonyl (C=O) groups is 1. The molecule has 5 nitrogen and oxygen atoms in total. The van der Waals surface area contributed by atoms with Crippen LogP contribution in [0.4, 0.5) is 10.8 Å². The number of anilines is 2. The van der Waals surface area contributed by atoms with Crippen LogP contribution in [-0.2, 0) is 0 Å². The molecule has 0 fully saturated rings. The number of hydrogen-bond acceptors (Lipinski definition) is 5. The van der Waals surface area contributed by atoms with Crippen LogP contribution in [0.25, 0.3) is 11.3 Å². The van der Waals surface area contributed by atoms with Gasteiger partial charge in [-0.1, -0.05) is 18.2 Å². The number of nitrogens with one attached hydrogen (secondary N) is 1. The van der Waals surface area contributed by atoms with Crippen LogP contribution in [0, 0.1) is 0 Å². The number of amides is 1. The van der Waals surface area contributed by atoms with E-state index in [2.05, 4.69) is 15.3 Å². The second kappa shape index (κ2) is 5.72. The Morgan fingerprint density at radius 3 is 2.62 bits per heavy atom. The van der Waals surface area contributed by atoms with Crippen molar-refractivity contribution >= 4 is 28.1 Å². The van der Waals surface area contributed by atoms with Crippen molar-refractivity contribution in [2.45, 2.75) is 0 Å². The van der Waals surface area contributed by atoms with Gasteiger partial charge in [0.1, 0.15) is 0 Å². The number of carbonyl (C=O) groups excluding carboxylic acids is 1. The molecule has 6 heteroatoms. The van der Waals surface area contributed by atoms with Gasteiger partial charge in [-0.3, -0.25) is 9.78 Å². The highest BCUT2D eigenvalue weighted by atomic mass is 32.1. The smallest absolute Gasteiger partial charge is 0.255 e. The Kier molecular flexibility index (Phi) is 3.61. The van der Waals surface area contributed by atoms with E-state index < -0.39 is 0 Å². The lowest BCUT2D eigenvalue weighted by atomic mass is 10.1. The number of nitrogen functional groups attached to an aromatic ring is 1. The summed E-state index contributed by atoms with van der Waals surface area (Å²) in [4.78, 5) is 20.4. The number of aromatic nitrogens is 2. The Balaban J connectivity index is 1.91. The summed E-state index contributed by atoms with van der Waals surface area (Å²) in [5.74, 6) is -0.187. The summed E-state index contributed by atoms with van der Waals surface area (Å²) in [7, 11) is 0. The van der Waals surface area contributed by atoms with Crippen LogP contribution in [0.2, 0.25) is 0 Å². The Hall–Kier alpha value is -2.73. The molecule has 104 valence electrons. The molecule has 0 spiro atoms. The molecule has 1 amide bonds. The molecule has 1 aromatic carbocycles. The molecule has 0 unspecified atom stereocenters. The van der Waals surface area contributed by atoms with E-state index in [1.165, 1.54) is 11.3 Å². The summed E-state index contributed by atoms with van der Waals surface area (Å²) in [6.45, 7) is 0. The van der Waals surface area contributed by atoms with Crippen molar-refractivity contribution in [2.75, 3.05) is 11.1 Å². The van der Waals surface area contributed by atoms with E-state index in [0.717, 1.165) is 11.3 Å². The number of nitrogens with two attached hydrogens (primary N) is 1. The van der Waals surface area contributed by atoms with Gasteiger partial charge in [0, 0.05) is 28.9 Å². The molecule has 2 aromatic heterocycles. The van der Waals surface area contributed by atoms with Gasteiger partial charge in [-0.15, -0.1) is 11.3 Å². The van der Waals surface area contributed by atoms with Crippen LogP contribution >= 0.6 is 11.3 Å². The number of thiazole rings is 1. The van der Waals surface area contributed by atoms with Crippen molar-refractivity contribution < 1.29 is 4.79 Å². The number of para-hydroxylation sites is 1. The van der Waals surface area contributed by atoms with Crippen molar-refractivity contribution in [1.29, 1.82) is 0 Å². The lowest BCUT2D eigenvalue weighted by Gasteiger charge is -2.09. The maximum atomic E-state index is 12.2. The number of rotatable bonds is 3. The normalized spacial score (nSPS) is 10.3. The maximum Gasteiger partial charge on any atom is 0.255 e. The molecule has 3 N–H and O–H groups in total. The van der Waals surface area contributed by atoms with Gasteiger partial charge in [0.05, 0.1) is 11.4 Å². The van der Waals surface area contributed by atoms with E-state index in [0.29, 0.717) is 16.4 Å². The zero-order chi connectivity index (χ0) is 14.7. The van der Waals surface area contributed by atoms with Crippen LogP contribution in [0.1, 0.15) is 10.4 Å². The zero-order valence-corrected chi connectivity index (χ0v) is 11.8. The van der Waals surface area contributed by atoms with Gasteiger partial charge in [-0.2, -0.15) is 0 Å². The minimum Gasteiger partial charge on any atom is -0.375 e. The topological polar surface area (TPSA) is 80.9 Å². The Bertz CT molecular complexity index is 770. The molecule has 0 atom stereocenters. The summed E-state index contributed by atoms with van der Waals surface area (Å²) in [5.41, 5.74) is 8.52. The van der Waals surface area contributed by atoms with E-state index in [1.807, 2.05) is 29.6 Å². The minimum absolute atomic E-state index is 0.187. The molecule has 0 aliphatic heterocycles. The van der Waals surface area contributed by atoms with Gasteiger partial charge >= 0.3 is 0 Å². The summed E-state index contributed by atoms with van der Waals surface area (Å²) < 4.78 is 0. The first-order valence-electron chi connectivity index (χ1n) is 6.26. The van der Waals surface area contributed by atoms with Gasteiger partial charge in [0.2, 0.25) is 0 Å². The molecule has 0 saturated carbocycles. The Morgan fingerprint density at radius 1 is 1.14 bits per heavy atom. The molecule has 0 radical (unpaired) electrons. The highest BCUT2D eigenvalue weighted by Crippen LogP contribution is 2.29. The molecule has 3 rings (SSSR count). The molecule has 0 bridgehead atoms. The van der Waals surface area contributed by atoms with Crippen molar-refractivity contribution in [2.24, 2.45) is 0 Å². The first-order chi connectivity index (χ1) is 10.2. The average molecular weight is 296 g/mol. The van der Waals surface area contributed by atoms with Gasteiger partial charge < -0.3 is 11.1 Å². The van der Waals surface area contributed by atoms with Crippen molar-refractivity contribution in [3.8, 4) is 11.3 Å². The first kappa shape index (κ1) is 13.3. The molecule has 0 saturated heterocycles. The third-order valence-electron chi connectivity index (χ3n) is 2.92. The van der Waals surface area contributed by atoms with Crippen molar-refractivity contribution in [3.05, 3.63) is 59.7 Å². The lowest BCUT2D eigenvalue weighted by Crippen LogP contribution is -2.12. The molecule has 0 aliphatic carbocycles. The van der Waals surface area contributed by atoms with E-state index in [4.69, 9.17) is 5.73 Å². The number of benzene rings is 1. The molecule has 3 aromatic rings. The molecular weight excluding hydrogens is 284 g/mol. The molecule has 0 aliphatic rings.